The van der Waals surface area contributed by atoms with Gasteiger partial charge >= 0.3 is 11.8 Å². The highest BCUT2D eigenvalue weighted by atomic mass is 35.5. The molecule has 3 aromatic carbocycles. The van der Waals surface area contributed by atoms with Crippen LogP contribution in [0.3, 0.4) is 0 Å². The van der Waals surface area contributed by atoms with Crippen LogP contribution in [0.25, 0.3) is 0 Å². The van der Waals surface area contributed by atoms with E-state index in [1.807, 2.05) is 25.1 Å². The Labute approximate surface area is 189 Å². The number of para-hydroxylation sites is 1. The number of aryl methyl sites for hydroxylation is 1. The zero-order valence-corrected chi connectivity index (χ0v) is 18.1. The van der Waals surface area contributed by atoms with Crippen molar-refractivity contribution in [3.8, 4) is 5.75 Å². The van der Waals surface area contributed by atoms with Gasteiger partial charge in [0.2, 0.25) is 0 Å². The van der Waals surface area contributed by atoms with E-state index < -0.39 is 11.8 Å². The SMILES string of the molecule is Cc1ccc(NC(=O)C(=O)N/N=C\c2ccccc2OCc2ccc(Cl)cc2Cl)cc1. The Balaban J connectivity index is 1.58. The lowest BCUT2D eigenvalue weighted by atomic mass is 10.2. The van der Waals surface area contributed by atoms with E-state index in [0.717, 1.165) is 11.1 Å². The van der Waals surface area contributed by atoms with Gasteiger partial charge in [-0.2, -0.15) is 5.10 Å². The van der Waals surface area contributed by atoms with Gasteiger partial charge in [0, 0.05) is 26.9 Å². The minimum Gasteiger partial charge on any atom is -0.488 e. The lowest BCUT2D eigenvalue weighted by molar-refractivity contribution is -0.136. The summed E-state index contributed by atoms with van der Waals surface area (Å²) < 4.78 is 5.83. The molecule has 3 rings (SSSR count). The summed E-state index contributed by atoms with van der Waals surface area (Å²) in [6.07, 6.45) is 1.40. The van der Waals surface area contributed by atoms with Crippen LogP contribution in [0.4, 0.5) is 5.69 Å². The molecule has 0 radical (unpaired) electrons. The second-order valence-corrected chi connectivity index (χ2v) is 7.43. The summed E-state index contributed by atoms with van der Waals surface area (Å²) in [5.74, 6) is -1.17. The highest BCUT2D eigenvalue weighted by Crippen LogP contribution is 2.23. The predicted octanol–water partition coefficient (Wildman–Crippen LogP) is 4.97. The van der Waals surface area contributed by atoms with Crippen molar-refractivity contribution in [2.75, 3.05) is 5.32 Å². The van der Waals surface area contributed by atoms with Gasteiger partial charge in [0.1, 0.15) is 12.4 Å². The zero-order chi connectivity index (χ0) is 22.2. The molecule has 3 aromatic rings. The molecular weight excluding hydrogens is 437 g/mol. The molecule has 158 valence electrons. The number of benzene rings is 3. The molecule has 0 atom stereocenters. The molecule has 31 heavy (non-hydrogen) atoms. The van der Waals surface area contributed by atoms with E-state index in [1.165, 1.54) is 6.21 Å². The summed E-state index contributed by atoms with van der Waals surface area (Å²) in [5, 5.41) is 7.41. The maximum absolute atomic E-state index is 12.0. The number of halogens is 2. The second-order valence-electron chi connectivity index (χ2n) is 6.58. The van der Waals surface area contributed by atoms with Crippen molar-refractivity contribution >= 4 is 46.9 Å². The van der Waals surface area contributed by atoms with Crippen molar-refractivity contribution in [1.82, 2.24) is 5.43 Å². The molecule has 8 heteroatoms. The Bertz CT molecular complexity index is 1120. The van der Waals surface area contributed by atoms with Crippen molar-refractivity contribution in [3.63, 3.8) is 0 Å². The fraction of sp³-hybridized carbons (Fsp3) is 0.0870. The zero-order valence-electron chi connectivity index (χ0n) is 16.6. The monoisotopic (exact) mass is 455 g/mol. The summed E-state index contributed by atoms with van der Waals surface area (Å²) in [7, 11) is 0. The predicted molar refractivity (Wildman–Crippen MR) is 123 cm³/mol. The van der Waals surface area contributed by atoms with E-state index in [9.17, 15) is 9.59 Å². The van der Waals surface area contributed by atoms with Crippen molar-refractivity contribution in [1.29, 1.82) is 0 Å². The van der Waals surface area contributed by atoms with Gasteiger partial charge in [-0.25, -0.2) is 5.43 Å². The van der Waals surface area contributed by atoms with Crippen LogP contribution < -0.4 is 15.5 Å². The lowest BCUT2D eigenvalue weighted by Gasteiger charge is -2.10. The number of nitrogens with one attached hydrogen (secondary N) is 2. The van der Waals surface area contributed by atoms with Gasteiger partial charge in [-0.1, -0.05) is 59.1 Å². The Morgan fingerprint density at radius 2 is 1.74 bits per heavy atom. The molecule has 0 aliphatic carbocycles. The number of rotatable bonds is 6. The van der Waals surface area contributed by atoms with Crippen molar-refractivity contribution < 1.29 is 14.3 Å². The molecule has 0 aromatic heterocycles. The van der Waals surface area contributed by atoms with Crippen LogP contribution in [0.1, 0.15) is 16.7 Å². The van der Waals surface area contributed by atoms with Crippen LogP contribution in [0, 0.1) is 6.92 Å². The molecule has 0 aliphatic heterocycles. The summed E-state index contributed by atoms with van der Waals surface area (Å²) in [6.45, 7) is 2.16. The van der Waals surface area contributed by atoms with E-state index in [0.29, 0.717) is 27.0 Å². The number of carbonyl (C=O) groups is 2. The number of hydrogen-bond acceptors (Lipinski definition) is 4. The van der Waals surface area contributed by atoms with Crippen molar-refractivity contribution in [2.45, 2.75) is 13.5 Å². The van der Waals surface area contributed by atoms with Crippen LogP contribution in [0.15, 0.2) is 71.8 Å². The van der Waals surface area contributed by atoms with Crippen molar-refractivity contribution in [2.24, 2.45) is 5.10 Å². The molecule has 0 spiro atoms. The third-order valence-corrected chi connectivity index (χ3v) is 4.79. The summed E-state index contributed by atoms with van der Waals surface area (Å²) in [5.41, 5.74) is 5.17. The van der Waals surface area contributed by atoms with Gasteiger partial charge < -0.3 is 10.1 Å². The first-order chi connectivity index (χ1) is 14.9. The Morgan fingerprint density at radius 3 is 2.48 bits per heavy atom. The molecule has 0 aliphatic rings. The van der Waals surface area contributed by atoms with E-state index in [-0.39, 0.29) is 6.61 Å². The molecule has 0 saturated carbocycles. The molecule has 0 fully saturated rings. The number of anilines is 1. The van der Waals surface area contributed by atoms with Gasteiger partial charge in [0.25, 0.3) is 0 Å². The number of amides is 2. The molecule has 2 amide bonds. The minimum atomic E-state index is -0.886. The third-order valence-electron chi connectivity index (χ3n) is 4.20. The highest BCUT2D eigenvalue weighted by molar-refractivity contribution is 6.39. The molecule has 0 saturated heterocycles. The van der Waals surface area contributed by atoms with E-state index >= 15 is 0 Å². The fourth-order valence-electron chi connectivity index (χ4n) is 2.55. The highest BCUT2D eigenvalue weighted by Gasteiger charge is 2.13. The summed E-state index contributed by atoms with van der Waals surface area (Å²) >= 11 is 12.1. The van der Waals surface area contributed by atoms with Crippen LogP contribution in [0.2, 0.25) is 10.0 Å². The largest absolute Gasteiger partial charge is 0.488 e. The van der Waals surface area contributed by atoms with E-state index in [2.05, 4.69) is 15.8 Å². The van der Waals surface area contributed by atoms with Crippen LogP contribution >= 0.6 is 23.2 Å². The van der Waals surface area contributed by atoms with Gasteiger partial charge in [-0.15, -0.1) is 0 Å². The average molecular weight is 456 g/mol. The molecule has 0 unspecified atom stereocenters. The van der Waals surface area contributed by atoms with Crippen LogP contribution in [-0.4, -0.2) is 18.0 Å². The maximum atomic E-state index is 12.0. The summed E-state index contributed by atoms with van der Waals surface area (Å²) in [4.78, 5) is 23.9. The Kier molecular flexibility index (Phi) is 7.65. The van der Waals surface area contributed by atoms with E-state index in [1.54, 1.807) is 48.5 Å². The standard InChI is InChI=1S/C23H19Cl2N3O3/c1-15-6-10-19(11-7-15)27-22(29)23(30)28-26-13-16-4-2-3-5-21(16)31-14-17-8-9-18(24)12-20(17)25/h2-13H,14H2,1H3,(H,27,29)(H,28,30)/b26-13-. The Morgan fingerprint density at radius 1 is 1.00 bits per heavy atom. The molecule has 6 nitrogen and oxygen atoms in total. The molecular formula is C23H19Cl2N3O3. The average Bonchev–Trinajstić information content (AvgIpc) is 2.75. The van der Waals surface area contributed by atoms with Crippen LogP contribution in [-0.2, 0) is 16.2 Å². The quantitative estimate of drug-likeness (QED) is 0.312. The van der Waals surface area contributed by atoms with Gasteiger partial charge in [-0.3, -0.25) is 9.59 Å². The topological polar surface area (TPSA) is 79.8 Å². The first-order valence-electron chi connectivity index (χ1n) is 9.29. The normalized spacial score (nSPS) is 10.7. The van der Waals surface area contributed by atoms with E-state index in [4.69, 9.17) is 27.9 Å². The maximum Gasteiger partial charge on any atom is 0.329 e. The smallest absolute Gasteiger partial charge is 0.329 e. The molecule has 0 bridgehead atoms. The third kappa shape index (κ3) is 6.57. The van der Waals surface area contributed by atoms with Crippen molar-refractivity contribution in [3.05, 3.63) is 93.5 Å². The second kappa shape index (κ2) is 10.6. The lowest BCUT2D eigenvalue weighted by Crippen LogP contribution is -2.32. The summed E-state index contributed by atoms with van der Waals surface area (Å²) in [6, 6.07) is 19.4. The van der Waals surface area contributed by atoms with Gasteiger partial charge in [0.05, 0.1) is 6.21 Å². The number of hydrazone groups is 1. The van der Waals surface area contributed by atoms with Gasteiger partial charge in [0.15, 0.2) is 0 Å². The van der Waals surface area contributed by atoms with Crippen LogP contribution in [0.5, 0.6) is 5.75 Å². The molecule has 0 heterocycles. The first-order valence-corrected chi connectivity index (χ1v) is 10.0. The first kappa shape index (κ1) is 22.3. The van der Waals surface area contributed by atoms with Gasteiger partial charge in [-0.05, 0) is 43.3 Å². The number of nitrogens with zero attached hydrogens (tertiary/aromatic N) is 1. The fourth-order valence-corrected chi connectivity index (χ4v) is 3.01. The molecule has 2 N–H and O–H groups in total. The number of hydrogen-bond donors (Lipinski definition) is 2. The Hall–Kier alpha value is -3.35. The number of ether oxygens (including phenoxy) is 1. The number of carbonyl (C=O) groups excluding carboxylic acids is 2. The minimum absolute atomic E-state index is 0.228.